The fraction of sp³-hybridized carbons (Fsp3) is 0.333. The van der Waals surface area contributed by atoms with Crippen LogP contribution in [-0.2, 0) is 0 Å². The molecule has 6 heteroatoms. The zero-order valence-electron chi connectivity index (χ0n) is 10.3. The fourth-order valence-electron chi connectivity index (χ4n) is 1.56. The maximum absolute atomic E-state index is 5.88. The van der Waals surface area contributed by atoms with E-state index in [2.05, 4.69) is 10.2 Å². The monoisotopic (exact) mass is 268 g/mol. The molecule has 1 aromatic heterocycles. The van der Waals surface area contributed by atoms with Crippen LogP contribution in [0.4, 0.5) is 0 Å². The van der Waals surface area contributed by atoms with Crippen LogP contribution in [0.15, 0.2) is 22.6 Å². The molecule has 0 saturated heterocycles. The van der Waals surface area contributed by atoms with Crippen molar-refractivity contribution in [3.63, 3.8) is 0 Å². The number of ether oxygens (including phenoxy) is 2. The summed E-state index contributed by atoms with van der Waals surface area (Å²) in [5.41, 5.74) is 0.674. The Bertz CT molecular complexity index is 540. The molecule has 0 amide bonds. The van der Waals surface area contributed by atoms with Gasteiger partial charge in [0.2, 0.25) is 5.89 Å². The van der Waals surface area contributed by atoms with E-state index in [4.69, 9.17) is 25.5 Å². The van der Waals surface area contributed by atoms with Crippen LogP contribution in [0.5, 0.6) is 11.5 Å². The van der Waals surface area contributed by atoms with Crippen molar-refractivity contribution in [1.29, 1.82) is 0 Å². The molecular formula is C12H13ClN2O3. The van der Waals surface area contributed by atoms with E-state index in [1.807, 2.05) is 12.1 Å². The molecule has 1 atom stereocenters. The van der Waals surface area contributed by atoms with E-state index in [9.17, 15) is 0 Å². The molecule has 0 radical (unpaired) electrons. The lowest BCUT2D eigenvalue weighted by Crippen LogP contribution is -1.93. The number of halogens is 1. The maximum atomic E-state index is 5.88. The number of aromatic nitrogens is 2. The van der Waals surface area contributed by atoms with Crippen LogP contribution in [0.25, 0.3) is 11.5 Å². The standard InChI is InChI=1S/C12H13ClN2O3/c1-7(13)11-14-15-12(18-11)8-5-4-6-9(16-2)10(8)17-3/h4-7H,1-3H3. The first kappa shape index (κ1) is 12.7. The molecule has 18 heavy (non-hydrogen) atoms. The predicted molar refractivity (Wildman–Crippen MR) is 67.1 cm³/mol. The first-order valence-electron chi connectivity index (χ1n) is 5.36. The van der Waals surface area contributed by atoms with Crippen molar-refractivity contribution in [2.75, 3.05) is 14.2 Å². The summed E-state index contributed by atoms with van der Waals surface area (Å²) in [7, 11) is 3.13. The van der Waals surface area contributed by atoms with Crippen molar-refractivity contribution in [1.82, 2.24) is 10.2 Å². The molecular weight excluding hydrogens is 256 g/mol. The Morgan fingerprint density at radius 2 is 2.00 bits per heavy atom. The van der Waals surface area contributed by atoms with Gasteiger partial charge in [-0.1, -0.05) is 6.07 Å². The lowest BCUT2D eigenvalue weighted by Gasteiger charge is -2.09. The Morgan fingerprint density at radius 1 is 1.22 bits per heavy atom. The maximum Gasteiger partial charge on any atom is 0.251 e. The Morgan fingerprint density at radius 3 is 2.56 bits per heavy atom. The Balaban J connectivity index is 2.49. The number of para-hydroxylation sites is 1. The minimum absolute atomic E-state index is 0.331. The van der Waals surface area contributed by atoms with Crippen molar-refractivity contribution < 1.29 is 13.9 Å². The molecule has 1 unspecified atom stereocenters. The van der Waals surface area contributed by atoms with Crippen LogP contribution in [0.2, 0.25) is 0 Å². The number of methoxy groups -OCH3 is 2. The molecule has 0 aliphatic carbocycles. The molecule has 0 saturated carbocycles. The minimum atomic E-state index is -0.331. The van der Waals surface area contributed by atoms with Gasteiger partial charge in [0.15, 0.2) is 11.5 Å². The summed E-state index contributed by atoms with van der Waals surface area (Å²) >= 11 is 5.88. The highest BCUT2D eigenvalue weighted by molar-refractivity contribution is 6.20. The number of hydrogen-bond acceptors (Lipinski definition) is 5. The van der Waals surface area contributed by atoms with Crippen molar-refractivity contribution >= 4 is 11.6 Å². The van der Waals surface area contributed by atoms with Gasteiger partial charge in [-0.15, -0.1) is 21.8 Å². The van der Waals surface area contributed by atoms with Gasteiger partial charge in [-0.05, 0) is 19.1 Å². The first-order chi connectivity index (χ1) is 8.67. The van der Waals surface area contributed by atoms with Gasteiger partial charge in [-0.25, -0.2) is 0 Å². The zero-order valence-corrected chi connectivity index (χ0v) is 11.1. The lowest BCUT2D eigenvalue weighted by molar-refractivity contribution is 0.355. The van der Waals surface area contributed by atoms with Crippen molar-refractivity contribution in [3.05, 3.63) is 24.1 Å². The van der Waals surface area contributed by atoms with E-state index in [1.165, 1.54) is 0 Å². The Labute approximate surface area is 110 Å². The molecule has 1 aromatic carbocycles. The quantitative estimate of drug-likeness (QED) is 0.798. The van der Waals surface area contributed by atoms with Crippen LogP contribution in [0.3, 0.4) is 0 Å². The average molecular weight is 269 g/mol. The summed E-state index contributed by atoms with van der Waals surface area (Å²) in [6, 6.07) is 5.44. The molecule has 2 rings (SSSR count). The Hall–Kier alpha value is -1.75. The Kier molecular flexibility index (Phi) is 3.72. The van der Waals surface area contributed by atoms with Gasteiger partial charge in [0, 0.05) is 0 Å². The summed E-state index contributed by atoms with van der Waals surface area (Å²) in [6.07, 6.45) is 0. The van der Waals surface area contributed by atoms with E-state index in [0.717, 1.165) is 0 Å². The lowest BCUT2D eigenvalue weighted by atomic mass is 10.2. The predicted octanol–water partition coefficient (Wildman–Crippen LogP) is 3.05. The van der Waals surface area contributed by atoms with Gasteiger partial charge in [-0.3, -0.25) is 0 Å². The van der Waals surface area contributed by atoms with Crippen LogP contribution >= 0.6 is 11.6 Å². The van der Waals surface area contributed by atoms with Gasteiger partial charge in [0.1, 0.15) is 5.38 Å². The number of rotatable bonds is 4. The van der Waals surface area contributed by atoms with Gasteiger partial charge >= 0.3 is 0 Å². The highest BCUT2D eigenvalue weighted by Gasteiger charge is 2.18. The number of benzene rings is 1. The molecule has 0 aliphatic rings. The van der Waals surface area contributed by atoms with Crippen LogP contribution in [0, 0.1) is 0 Å². The minimum Gasteiger partial charge on any atom is -0.493 e. The van der Waals surface area contributed by atoms with Crippen LogP contribution < -0.4 is 9.47 Å². The van der Waals surface area contributed by atoms with Crippen molar-refractivity contribution in [3.8, 4) is 23.0 Å². The highest BCUT2D eigenvalue weighted by Crippen LogP contribution is 2.37. The summed E-state index contributed by atoms with van der Waals surface area (Å²) in [4.78, 5) is 0. The molecule has 0 spiro atoms. The number of alkyl halides is 1. The molecule has 96 valence electrons. The van der Waals surface area contributed by atoms with Gasteiger partial charge in [0.25, 0.3) is 5.89 Å². The second-order valence-corrected chi connectivity index (χ2v) is 4.26. The number of nitrogens with zero attached hydrogens (tertiary/aromatic N) is 2. The number of hydrogen-bond donors (Lipinski definition) is 0. The molecule has 0 aliphatic heterocycles. The fourth-order valence-corrected chi connectivity index (χ4v) is 1.65. The smallest absolute Gasteiger partial charge is 0.251 e. The molecule has 0 fully saturated rings. The molecule has 5 nitrogen and oxygen atoms in total. The summed E-state index contributed by atoms with van der Waals surface area (Å²) in [6.45, 7) is 1.77. The second-order valence-electron chi connectivity index (χ2n) is 3.60. The van der Waals surface area contributed by atoms with Crippen LogP contribution in [-0.4, -0.2) is 24.4 Å². The first-order valence-corrected chi connectivity index (χ1v) is 5.79. The second kappa shape index (κ2) is 5.27. The van der Waals surface area contributed by atoms with Crippen molar-refractivity contribution in [2.45, 2.75) is 12.3 Å². The largest absolute Gasteiger partial charge is 0.493 e. The summed E-state index contributed by atoms with van der Waals surface area (Å²) in [5.74, 6) is 1.89. The summed E-state index contributed by atoms with van der Waals surface area (Å²) in [5, 5.41) is 7.50. The van der Waals surface area contributed by atoms with Crippen molar-refractivity contribution in [2.24, 2.45) is 0 Å². The molecule has 0 bridgehead atoms. The van der Waals surface area contributed by atoms with Gasteiger partial charge < -0.3 is 13.9 Å². The third-order valence-corrected chi connectivity index (χ3v) is 2.60. The third kappa shape index (κ3) is 2.26. The van der Waals surface area contributed by atoms with Gasteiger partial charge in [-0.2, -0.15) is 0 Å². The zero-order chi connectivity index (χ0) is 13.1. The van der Waals surface area contributed by atoms with E-state index in [-0.39, 0.29) is 5.38 Å². The molecule has 0 N–H and O–H groups in total. The highest BCUT2D eigenvalue weighted by atomic mass is 35.5. The van der Waals surface area contributed by atoms with E-state index < -0.39 is 0 Å². The third-order valence-electron chi connectivity index (χ3n) is 2.41. The topological polar surface area (TPSA) is 57.4 Å². The SMILES string of the molecule is COc1cccc(-c2nnc(C(C)Cl)o2)c1OC. The average Bonchev–Trinajstić information content (AvgIpc) is 2.87. The van der Waals surface area contributed by atoms with E-state index >= 15 is 0 Å². The van der Waals surface area contributed by atoms with Crippen LogP contribution in [0.1, 0.15) is 18.2 Å². The van der Waals surface area contributed by atoms with Gasteiger partial charge in [0.05, 0.1) is 19.8 Å². The summed E-state index contributed by atoms with van der Waals surface area (Å²) < 4.78 is 16.0. The van der Waals surface area contributed by atoms with E-state index in [0.29, 0.717) is 28.8 Å². The molecule has 2 aromatic rings. The molecule has 1 heterocycles. The van der Waals surface area contributed by atoms with E-state index in [1.54, 1.807) is 27.2 Å². The normalized spacial score (nSPS) is 12.2.